The quantitative estimate of drug-likeness (QED) is 0.310. The van der Waals surface area contributed by atoms with Crippen LogP contribution in [0, 0.1) is 6.92 Å². The van der Waals surface area contributed by atoms with Crippen molar-refractivity contribution in [2.45, 2.75) is 26.0 Å². The van der Waals surface area contributed by atoms with Crippen LogP contribution in [0.15, 0.2) is 65.3 Å². The zero-order chi connectivity index (χ0) is 23.7. The van der Waals surface area contributed by atoms with Crippen LogP contribution in [0.3, 0.4) is 0 Å². The number of aliphatic hydroxyl groups is 1. The summed E-state index contributed by atoms with van der Waals surface area (Å²) in [6, 6.07) is 16.8. The van der Waals surface area contributed by atoms with E-state index in [-0.39, 0.29) is 18.8 Å². The van der Waals surface area contributed by atoms with Gasteiger partial charge in [-0.1, -0.05) is 41.6 Å². The predicted molar refractivity (Wildman–Crippen MR) is 129 cm³/mol. The Kier molecular flexibility index (Phi) is 6.02. The molecule has 1 aliphatic heterocycles. The highest BCUT2D eigenvalue weighted by Crippen LogP contribution is 2.33. The highest BCUT2D eigenvalue weighted by Gasteiger charge is 2.32. The van der Waals surface area contributed by atoms with Gasteiger partial charge in [-0.25, -0.2) is 4.98 Å². The third-order valence-corrected chi connectivity index (χ3v) is 5.77. The Balaban J connectivity index is 1.48. The van der Waals surface area contributed by atoms with Crippen LogP contribution in [-0.2, 0) is 4.65 Å². The number of fused-ring (bicyclic) bond motifs is 1. The first kappa shape index (κ1) is 22.1. The average Bonchev–Trinajstić information content (AvgIpc) is 3.40. The van der Waals surface area contributed by atoms with Crippen LogP contribution in [0.5, 0.6) is 0 Å². The molecular weight excluding hydrogens is 433 g/mol. The largest absolute Gasteiger partial charge is 0.491 e. The zero-order valence-electron chi connectivity index (χ0n) is 18.8. The van der Waals surface area contributed by atoms with Gasteiger partial charge in [0.1, 0.15) is 5.82 Å². The summed E-state index contributed by atoms with van der Waals surface area (Å²) in [6.07, 6.45) is 1.45. The molecule has 0 saturated carbocycles. The second kappa shape index (κ2) is 9.26. The van der Waals surface area contributed by atoms with Crippen LogP contribution in [0.4, 0.5) is 17.2 Å². The van der Waals surface area contributed by atoms with Gasteiger partial charge in [-0.2, -0.15) is 4.98 Å². The third kappa shape index (κ3) is 4.38. The predicted octanol–water partition coefficient (Wildman–Crippen LogP) is 3.11. The van der Waals surface area contributed by atoms with E-state index in [9.17, 15) is 10.1 Å². The molecule has 2 aromatic carbocycles. The molecule has 0 bridgehead atoms. The van der Waals surface area contributed by atoms with Crippen molar-refractivity contribution in [3.63, 3.8) is 0 Å². The van der Waals surface area contributed by atoms with Crippen molar-refractivity contribution in [1.29, 1.82) is 0 Å². The number of nitrogens with zero attached hydrogens (tertiary/aromatic N) is 3. The van der Waals surface area contributed by atoms with Gasteiger partial charge in [-0.05, 0) is 42.6 Å². The molecule has 0 saturated heterocycles. The first-order chi connectivity index (χ1) is 16.5. The number of hydrogen-bond acceptors (Lipinski definition) is 9. The smallest absolute Gasteiger partial charge is 0.423 e. The summed E-state index contributed by atoms with van der Waals surface area (Å²) < 4.78 is 10.9. The van der Waals surface area contributed by atoms with E-state index in [1.165, 1.54) is 0 Å². The van der Waals surface area contributed by atoms with Crippen LogP contribution < -0.4 is 16.1 Å². The van der Waals surface area contributed by atoms with Crippen molar-refractivity contribution in [3.05, 3.63) is 77.7 Å². The highest BCUT2D eigenvalue weighted by molar-refractivity contribution is 6.61. The van der Waals surface area contributed by atoms with Crippen LogP contribution in [0.2, 0.25) is 0 Å². The van der Waals surface area contributed by atoms with E-state index < -0.39 is 7.12 Å². The SMILES string of the molecule is Cc1noc(-c2cnc(Nc3ccc4c(c3)C(C)OB4O)cc2N[C@H](CO)c2ccccc2)n1. The zero-order valence-corrected chi connectivity index (χ0v) is 18.8. The number of benzene rings is 2. The summed E-state index contributed by atoms with van der Waals surface area (Å²) in [6.45, 7) is 3.54. The molecule has 172 valence electrons. The number of aryl methyl sites for hydroxylation is 1. The van der Waals surface area contributed by atoms with E-state index >= 15 is 0 Å². The van der Waals surface area contributed by atoms with Gasteiger partial charge >= 0.3 is 7.12 Å². The lowest BCUT2D eigenvalue weighted by Gasteiger charge is -2.20. The minimum atomic E-state index is -0.904. The van der Waals surface area contributed by atoms with Crippen LogP contribution in [0.1, 0.15) is 36.0 Å². The van der Waals surface area contributed by atoms with Crippen molar-refractivity contribution in [1.82, 2.24) is 15.1 Å². The number of anilines is 3. The summed E-state index contributed by atoms with van der Waals surface area (Å²) in [5.74, 6) is 1.43. The molecule has 10 heteroatoms. The molecule has 0 aliphatic carbocycles. The maximum absolute atomic E-state index is 10.1. The fourth-order valence-electron chi connectivity index (χ4n) is 4.04. The molecule has 0 fully saturated rings. The lowest BCUT2D eigenvalue weighted by molar-refractivity contribution is 0.209. The Labute approximate surface area is 197 Å². The van der Waals surface area contributed by atoms with E-state index in [4.69, 9.17) is 9.18 Å². The van der Waals surface area contributed by atoms with E-state index in [2.05, 4.69) is 25.8 Å². The summed E-state index contributed by atoms with van der Waals surface area (Å²) in [5, 5.41) is 30.7. The number of aromatic nitrogens is 3. The summed E-state index contributed by atoms with van der Waals surface area (Å²) in [5.41, 5.74) is 4.75. The van der Waals surface area contributed by atoms with Gasteiger partial charge < -0.3 is 29.9 Å². The number of pyridine rings is 1. The Morgan fingerprint density at radius 2 is 1.97 bits per heavy atom. The lowest BCUT2D eigenvalue weighted by atomic mass is 9.79. The van der Waals surface area contributed by atoms with E-state index in [1.54, 1.807) is 13.1 Å². The van der Waals surface area contributed by atoms with Crippen molar-refractivity contribution < 1.29 is 19.3 Å². The minimum Gasteiger partial charge on any atom is -0.423 e. The Hall–Kier alpha value is -3.73. The second-order valence-corrected chi connectivity index (χ2v) is 8.15. The Morgan fingerprint density at radius 1 is 1.15 bits per heavy atom. The fourth-order valence-corrected chi connectivity index (χ4v) is 4.04. The van der Waals surface area contributed by atoms with Gasteiger partial charge in [-0.15, -0.1) is 0 Å². The molecule has 4 N–H and O–H groups in total. The van der Waals surface area contributed by atoms with Gasteiger partial charge in [0, 0.05) is 18.0 Å². The molecule has 1 aliphatic rings. The molecule has 0 radical (unpaired) electrons. The average molecular weight is 457 g/mol. The van der Waals surface area contributed by atoms with Gasteiger partial charge in [0.05, 0.1) is 30.0 Å². The van der Waals surface area contributed by atoms with Gasteiger partial charge in [0.2, 0.25) is 0 Å². The van der Waals surface area contributed by atoms with Gasteiger partial charge in [0.15, 0.2) is 5.82 Å². The standard InChI is InChI=1S/C24H24BN5O4/c1-14-18-10-17(8-9-20(18)25(32)33-14)28-23-11-21(19(12-26-23)24-27-15(2)30-34-24)29-22(13-31)16-6-4-3-5-7-16/h3-12,14,22,31-32H,13H2,1-2H3,(H2,26,28,29)/t14?,22-/m1/s1. The minimum absolute atomic E-state index is 0.109. The number of aliphatic hydroxyl groups excluding tert-OH is 1. The first-order valence-corrected chi connectivity index (χ1v) is 11.0. The van der Waals surface area contributed by atoms with Gasteiger partial charge in [-0.3, -0.25) is 0 Å². The maximum atomic E-state index is 10.1. The normalized spacial score (nSPS) is 15.8. The highest BCUT2D eigenvalue weighted by atomic mass is 16.5. The summed E-state index contributed by atoms with van der Waals surface area (Å²) in [7, 11) is -0.904. The number of nitrogens with one attached hydrogen (secondary N) is 2. The van der Waals surface area contributed by atoms with E-state index in [0.29, 0.717) is 28.8 Å². The first-order valence-electron chi connectivity index (χ1n) is 11.0. The molecule has 0 amide bonds. The molecule has 9 nitrogen and oxygen atoms in total. The molecule has 0 spiro atoms. The van der Waals surface area contributed by atoms with Crippen molar-refractivity contribution >= 4 is 29.8 Å². The maximum Gasteiger partial charge on any atom is 0.491 e. The summed E-state index contributed by atoms with van der Waals surface area (Å²) in [4.78, 5) is 8.87. The van der Waals surface area contributed by atoms with Crippen LogP contribution >= 0.6 is 0 Å². The van der Waals surface area contributed by atoms with Crippen molar-refractivity contribution in [2.75, 3.05) is 17.2 Å². The van der Waals surface area contributed by atoms with Crippen molar-refractivity contribution in [2.24, 2.45) is 0 Å². The van der Waals surface area contributed by atoms with Crippen molar-refractivity contribution in [3.8, 4) is 11.5 Å². The molecule has 4 aromatic rings. The lowest BCUT2D eigenvalue weighted by Crippen LogP contribution is -2.27. The Bertz CT molecular complexity index is 1300. The molecule has 2 atom stereocenters. The Morgan fingerprint density at radius 3 is 2.71 bits per heavy atom. The van der Waals surface area contributed by atoms with Gasteiger partial charge in [0.25, 0.3) is 5.89 Å². The molecule has 1 unspecified atom stereocenters. The fraction of sp³-hybridized carbons (Fsp3) is 0.208. The second-order valence-electron chi connectivity index (χ2n) is 8.15. The van der Waals surface area contributed by atoms with Crippen LogP contribution in [-0.4, -0.2) is 39.0 Å². The molecule has 3 heterocycles. The topological polar surface area (TPSA) is 126 Å². The monoisotopic (exact) mass is 457 g/mol. The van der Waals surface area contributed by atoms with E-state index in [0.717, 1.165) is 22.3 Å². The molecule has 5 rings (SSSR count). The molecule has 2 aromatic heterocycles. The summed E-state index contributed by atoms with van der Waals surface area (Å²) >= 11 is 0. The van der Waals surface area contributed by atoms with E-state index in [1.807, 2.05) is 61.5 Å². The number of rotatable bonds is 7. The molecular formula is C24H24BN5O4. The molecule has 34 heavy (non-hydrogen) atoms. The van der Waals surface area contributed by atoms with Crippen LogP contribution in [0.25, 0.3) is 11.5 Å². The third-order valence-electron chi connectivity index (χ3n) is 5.77. The number of hydrogen-bond donors (Lipinski definition) is 4.